The molecule has 0 saturated carbocycles. The number of fused-ring (bicyclic) bond motifs is 1. The third-order valence-corrected chi connectivity index (χ3v) is 6.82. The molecule has 0 radical (unpaired) electrons. The number of para-hydroxylation sites is 1. The van der Waals surface area contributed by atoms with Crippen molar-refractivity contribution in [3.05, 3.63) is 79.7 Å². The standard InChI is InChI=1S/C20H16N2O2S2/c1-21-14-10-6-7-11-16(14)25-20(21)18-19(24)22(2)17(26-18)12-15(23)13-8-4-3-5-9-13/h3-12H,1-2H3/b17-12-,20-18-. The Labute approximate surface area is 158 Å². The van der Waals surface area contributed by atoms with Gasteiger partial charge in [-0.2, -0.15) is 0 Å². The highest BCUT2D eigenvalue weighted by atomic mass is 32.2. The van der Waals surface area contributed by atoms with Crippen molar-refractivity contribution in [2.75, 3.05) is 11.9 Å². The van der Waals surface area contributed by atoms with Gasteiger partial charge in [-0.3, -0.25) is 9.59 Å². The van der Waals surface area contributed by atoms with Gasteiger partial charge in [0.2, 0.25) is 0 Å². The summed E-state index contributed by atoms with van der Waals surface area (Å²) >= 11 is 2.94. The fourth-order valence-corrected chi connectivity index (χ4v) is 5.20. The summed E-state index contributed by atoms with van der Waals surface area (Å²) in [7, 11) is 3.67. The van der Waals surface area contributed by atoms with Gasteiger partial charge in [0.1, 0.15) is 14.2 Å². The van der Waals surface area contributed by atoms with Crippen LogP contribution >= 0.6 is 23.1 Å². The molecule has 4 rings (SSSR count). The first-order chi connectivity index (χ1) is 12.6. The minimum atomic E-state index is -0.102. The highest BCUT2D eigenvalue weighted by Gasteiger charge is 2.23. The third kappa shape index (κ3) is 2.81. The van der Waals surface area contributed by atoms with Crippen LogP contribution in [-0.2, 0) is 7.05 Å². The second-order valence-electron chi connectivity index (χ2n) is 5.94. The summed E-state index contributed by atoms with van der Waals surface area (Å²) in [6.07, 6.45) is 1.54. The summed E-state index contributed by atoms with van der Waals surface area (Å²) in [6.45, 7) is 0. The lowest BCUT2D eigenvalue weighted by atomic mass is 10.1. The van der Waals surface area contributed by atoms with E-state index in [0.29, 0.717) is 14.8 Å². The van der Waals surface area contributed by atoms with Crippen LogP contribution in [0.3, 0.4) is 0 Å². The molecule has 3 aromatic rings. The normalized spacial score (nSPS) is 16.1. The molecule has 0 aliphatic carbocycles. The minimum Gasteiger partial charge on any atom is -0.337 e. The Bertz CT molecular complexity index is 1180. The maximum Gasteiger partial charge on any atom is 0.271 e. The average molecular weight is 380 g/mol. The molecule has 1 aliphatic rings. The molecule has 0 unspecified atom stereocenters. The number of hydrogen-bond donors (Lipinski definition) is 0. The second kappa shape index (κ2) is 6.63. The van der Waals surface area contributed by atoms with Crippen molar-refractivity contribution in [3.63, 3.8) is 0 Å². The van der Waals surface area contributed by atoms with E-state index in [4.69, 9.17) is 0 Å². The SMILES string of the molecule is CN1/C(=c2/s/c(=C\C(=O)c3ccccc3)n(C)c2=O)Sc2ccccc21. The van der Waals surface area contributed by atoms with Crippen molar-refractivity contribution in [2.24, 2.45) is 7.05 Å². The van der Waals surface area contributed by atoms with Gasteiger partial charge in [-0.15, -0.1) is 11.3 Å². The van der Waals surface area contributed by atoms with Gasteiger partial charge in [-0.05, 0) is 12.1 Å². The minimum absolute atomic E-state index is 0.0794. The summed E-state index contributed by atoms with van der Waals surface area (Å²) in [4.78, 5) is 28.4. The summed E-state index contributed by atoms with van der Waals surface area (Å²) < 4.78 is 2.85. The van der Waals surface area contributed by atoms with E-state index in [1.165, 1.54) is 17.4 Å². The van der Waals surface area contributed by atoms with E-state index in [-0.39, 0.29) is 11.3 Å². The first kappa shape index (κ1) is 16.9. The van der Waals surface area contributed by atoms with E-state index in [0.717, 1.165) is 15.6 Å². The largest absolute Gasteiger partial charge is 0.337 e. The Balaban J connectivity index is 1.85. The lowest BCUT2D eigenvalue weighted by Crippen LogP contribution is -2.32. The molecule has 0 saturated heterocycles. The maximum atomic E-state index is 12.8. The summed E-state index contributed by atoms with van der Waals surface area (Å²) in [5, 5.41) is 0.906. The molecule has 1 aromatic heterocycles. The highest BCUT2D eigenvalue weighted by Crippen LogP contribution is 2.44. The average Bonchev–Trinajstić information content (AvgIpc) is 3.14. The zero-order chi connectivity index (χ0) is 18.3. The number of benzene rings is 2. The molecule has 4 nitrogen and oxygen atoms in total. The number of Topliss-reactive ketones (excluding diaryl/α,β-unsaturated/α-hetero) is 1. The lowest BCUT2D eigenvalue weighted by Gasteiger charge is -2.11. The molecule has 2 aromatic carbocycles. The van der Waals surface area contributed by atoms with Crippen LogP contribution in [0.1, 0.15) is 10.4 Å². The molecule has 0 bridgehead atoms. The zero-order valence-corrected chi connectivity index (χ0v) is 15.9. The van der Waals surface area contributed by atoms with Gasteiger partial charge in [0.15, 0.2) is 5.78 Å². The monoisotopic (exact) mass is 380 g/mol. The number of rotatable bonds is 2. The number of ketones is 1. The number of anilines is 1. The molecule has 1 aliphatic heterocycles. The highest BCUT2D eigenvalue weighted by molar-refractivity contribution is 8.08. The molecule has 0 N–H and O–H groups in total. The first-order valence-corrected chi connectivity index (χ1v) is 9.71. The quantitative estimate of drug-likeness (QED) is 0.641. The number of nitrogens with zero attached hydrogens (tertiary/aromatic N) is 2. The van der Waals surface area contributed by atoms with E-state index < -0.39 is 0 Å². The molecule has 0 atom stereocenters. The van der Waals surface area contributed by atoms with Crippen LogP contribution in [0.2, 0.25) is 0 Å². The Morgan fingerprint density at radius 1 is 1.00 bits per heavy atom. The lowest BCUT2D eigenvalue weighted by molar-refractivity contribution is 0.106. The predicted octanol–water partition coefficient (Wildman–Crippen LogP) is 2.42. The molecule has 2 heterocycles. The third-order valence-electron chi connectivity index (χ3n) is 4.28. The van der Waals surface area contributed by atoms with Gasteiger partial charge in [-0.25, -0.2) is 0 Å². The number of thioether (sulfide) groups is 1. The Hall–Kier alpha value is -2.57. The van der Waals surface area contributed by atoms with Gasteiger partial charge >= 0.3 is 0 Å². The zero-order valence-electron chi connectivity index (χ0n) is 14.3. The maximum absolute atomic E-state index is 12.8. The number of carbonyl (C=O) groups is 1. The van der Waals surface area contributed by atoms with Crippen LogP contribution in [0.15, 0.2) is 64.3 Å². The van der Waals surface area contributed by atoms with Crippen molar-refractivity contribution in [1.82, 2.24) is 4.57 Å². The Morgan fingerprint density at radius 3 is 2.42 bits per heavy atom. The molecule has 0 spiro atoms. The molecule has 6 heteroatoms. The Kier molecular flexibility index (Phi) is 4.30. The smallest absolute Gasteiger partial charge is 0.271 e. The van der Waals surface area contributed by atoms with E-state index in [9.17, 15) is 9.59 Å². The van der Waals surface area contributed by atoms with E-state index in [1.54, 1.807) is 35.5 Å². The molecule has 0 fully saturated rings. The molecule has 130 valence electrons. The van der Waals surface area contributed by atoms with E-state index in [1.807, 2.05) is 54.4 Å². The van der Waals surface area contributed by atoms with Crippen LogP contribution in [0.4, 0.5) is 5.69 Å². The van der Waals surface area contributed by atoms with Crippen LogP contribution < -0.4 is 19.7 Å². The molecular formula is C20H16N2O2S2. The fourth-order valence-electron chi connectivity index (χ4n) is 2.83. The molecular weight excluding hydrogens is 364 g/mol. The van der Waals surface area contributed by atoms with Gasteiger partial charge in [0.05, 0.1) is 5.69 Å². The van der Waals surface area contributed by atoms with Crippen molar-refractivity contribution in [3.8, 4) is 0 Å². The van der Waals surface area contributed by atoms with Gasteiger partial charge in [0.25, 0.3) is 5.56 Å². The van der Waals surface area contributed by atoms with Gasteiger partial charge in [-0.1, -0.05) is 54.2 Å². The van der Waals surface area contributed by atoms with E-state index >= 15 is 0 Å². The summed E-state index contributed by atoms with van der Waals surface area (Å²) in [5.41, 5.74) is 1.63. The van der Waals surface area contributed by atoms with Crippen molar-refractivity contribution in [1.29, 1.82) is 0 Å². The topological polar surface area (TPSA) is 42.3 Å². The predicted molar refractivity (Wildman–Crippen MR) is 108 cm³/mol. The second-order valence-corrected chi connectivity index (χ2v) is 8.00. The van der Waals surface area contributed by atoms with Crippen LogP contribution in [-0.4, -0.2) is 17.4 Å². The van der Waals surface area contributed by atoms with Crippen molar-refractivity contribution >= 4 is 45.7 Å². The van der Waals surface area contributed by atoms with Crippen LogP contribution in [0, 0.1) is 0 Å². The number of hydrogen-bond acceptors (Lipinski definition) is 5. The van der Waals surface area contributed by atoms with Crippen molar-refractivity contribution < 1.29 is 4.79 Å². The van der Waals surface area contributed by atoms with Crippen molar-refractivity contribution in [2.45, 2.75) is 4.90 Å². The van der Waals surface area contributed by atoms with Crippen LogP contribution in [0.25, 0.3) is 11.1 Å². The van der Waals surface area contributed by atoms with E-state index in [2.05, 4.69) is 0 Å². The molecule has 0 amide bonds. The fraction of sp³-hybridized carbons (Fsp3) is 0.100. The van der Waals surface area contributed by atoms with Crippen LogP contribution in [0.5, 0.6) is 0 Å². The number of thiazole rings is 1. The molecule has 26 heavy (non-hydrogen) atoms. The number of aromatic nitrogens is 1. The number of carbonyl (C=O) groups excluding carboxylic acids is 1. The first-order valence-electron chi connectivity index (χ1n) is 8.08. The summed E-state index contributed by atoms with van der Waals surface area (Å²) in [6, 6.07) is 17.2. The van der Waals surface area contributed by atoms with Gasteiger partial charge < -0.3 is 9.47 Å². The van der Waals surface area contributed by atoms with Gasteiger partial charge in [0, 0.05) is 30.6 Å². The summed E-state index contributed by atoms with van der Waals surface area (Å²) in [5.74, 6) is -0.102. The Morgan fingerprint density at radius 2 is 1.69 bits per heavy atom.